The summed E-state index contributed by atoms with van der Waals surface area (Å²) in [6.07, 6.45) is 1.90. The van der Waals surface area contributed by atoms with Crippen LogP contribution >= 0.6 is 27.3 Å². The maximum absolute atomic E-state index is 13.3. The molecule has 0 spiro atoms. The third-order valence-electron chi connectivity index (χ3n) is 3.19. The van der Waals surface area contributed by atoms with Gasteiger partial charge < -0.3 is 5.32 Å². The van der Waals surface area contributed by atoms with Crippen LogP contribution in [0.5, 0.6) is 0 Å². The van der Waals surface area contributed by atoms with Gasteiger partial charge in [0, 0.05) is 10.9 Å². The molecule has 0 bridgehead atoms. The molecule has 0 aliphatic carbocycles. The standard InChI is InChI=1S/C16H19BrFNS/c1-3-7-19-14(15-8-11(2)16(17)20-15)10-12-5-4-6-13(18)9-12/h4-6,8-9,14,19H,3,7,10H2,1-2H3. The third-order valence-corrected chi connectivity index (χ3v) is 5.44. The lowest BCUT2D eigenvalue weighted by molar-refractivity contribution is 0.534. The van der Waals surface area contributed by atoms with Gasteiger partial charge in [-0.15, -0.1) is 11.3 Å². The number of hydrogen-bond acceptors (Lipinski definition) is 2. The molecule has 4 heteroatoms. The number of aryl methyl sites for hydroxylation is 1. The van der Waals surface area contributed by atoms with Gasteiger partial charge in [-0.3, -0.25) is 0 Å². The fourth-order valence-electron chi connectivity index (χ4n) is 2.15. The molecule has 2 rings (SSSR count). The number of benzene rings is 1. The first kappa shape index (κ1) is 15.7. The summed E-state index contributed by atoms with van der Waals surface area (Å²) >= 11 is 5.34. The first-order valence-electron chi connectivity index (χ1n) is 6.83. The number of nitrogens with one attached hydrogen (secondary N) is 1. The van der Waals surface area contributed by atoms with Crippen molar-refractivity contribution in [2.75, 3.05) is 6.54 Å². The average molecular weight is 356 g/mol. The molecule has 1 heterocycles. The van der Waals surface area contributed by atoms with Gasteiger partial charge in [-0.25, -0.2) is 4.39 Å². The minimum Gasteiger partial charge on any atom is -0.309 e. The van der Waals surface area contributed by atoms with Crippen molar-refractivity contribution < 1.29 is 4.39 Å². The molecule has 0 saturated carbocycles. The van der Waals surface area contributed by atoms with Crippen molar-refractivity contribution in [1.29, 1.82) is 0 Å². The van der Waals surface area contributed by atoms with Crippen LogP contribution in [0, 0.1) is 12.7 Å². The SMILES string of the molecule is CCCNC(Cc1cccc(F)c1)c1cc(C)c(Br)s1. The summed E-state index contributed by atoms with van der Waals surface area (Å²) in [6.45, 7) is 5.22. The van der Waals surface area contributed by atoms with E-state index in [1.54, 1.807) is 23.5 Å². The maximum atomic E-state index is 13.3. The van der Waals surface area contributed by atoms with E-state index < -0.39 is 0 Å². The molecule has 0 fully saturated rings. The van der Waals surface area contributed by atoms with Gasteiger partial charge in [0.15, 0.2) is 0 Å². The van der Waals surface area contributed by atoms with Crippen molar-refractivity contribution in [3.8, 4) is 0 Å². The Morgan fingerprint density at radius 1 is 1.35 bits per heavy atom. The minimum atomic E-state index is -0.166. The molecule has 0 aliphatic rings. The van der Waals surface area contributed by atoms with Crippen LogP contribution < -0.4 is 5.32 Å². The van der Waals surface area contributed by atoms with E-state index >= 15 is 0 Å². The fraction of sp³-hybridized carbons (Fsp3) is 0.375. The first-order valence-corrected chi connectivity index (χ1v) is 8.44. The van der Waals surface area contributed by atoms with E-state index in [0.29, 0.717) is 0 Å². The molecule has 0 amide bonds. The molecule has 1 aromatic heterocycles. The van der Waals surface area contributed by atoms with E-state index in [-0.39, 0.29) is 11.9 Å². The Labute approximate surface area is 132 Å². The summed E-state index contributed by atoms with van der Waals surface area (Å²) in [6, 6.07) is 9.32. The van der Waals surface area contributed by atoms with E-state index in [9.17, 15) is 4.39 Å². The summed E-state index contributed by atoms with van der Waals surface area (Å²) in [5.74, 6) is -0.166. The van der Waals surface area contributed by atoms with Crippen LogP contribution in [0.25, 0.3) is 0 Å². The Balaban J connectivity index is 2.19. The molecule has 1 atom stereocenters. The highest BCUT2D eigenvalue weighted by Gasteiger charge is 2.15. The summed E-state index contributed by atoms with van der Waals surface area (Å²) in [5, 5.41) is 3.56. The lowest BCUT2D eigenvalue weighted by atomic mass is 10.0. The topological polar surface area (TPSA) is 12.0 Å². The van der Waals surface area contributed by atoms with Crippen LogP contribution in [0.1, 0.15) is 35.4 Å². The predicted molar refractivity (Wildman–Crippen MR) is 87.9 cm³/mol. The van der Waals surface area contributed by atoms with Gasteiger partial charge in [0.1, 0.15) is 5.82 Å². The van der Waals surface area contributed by atoms with Crippen molar-refractivity contribution in [2.24, 2.45) is 0 Å². The van der Waals surface area contributed by atoms with E-state index in [1.165, 1.54) is 20.3 Å². The Morgan fingerprint density at radius 3 is 2.75 bits per heavy atom. The van der Waals surface area contributed by atoms with Crippen molar-refractivity contribution in [3.63, 3.8) is 0 Å². The second kappa shape index (κ2) is 7.34. The predicted octanol–water partition coefficient (Wildman–Crippen LogP) is 5.24. The van der Waals surface area contributed by atoms with Crippen molar-refractivity contribution in [1.82, 2.24) is 5.32 Å². The largest absolute Gasteiger partial charge is 0.309 e. The number of hydrogen-bond donors (Lipinski definition) is 1. The van der Waals surface area contributed by atoms with Gasteiger partial charge in [-0.1, -0.05) is 19.1 Å². The lowest BCUT2D eigenvalue weighted by Crippen LogP contribution is -2.23. The molecule has 1 N–H and O–H groups in total. The molecule has 1 nitrogen and oxygen atoms in total. The molecule has 0 saturated heterocycles. The Bertz CT molecular complexity index is 548. The van der Waals surface area contributed by atoms with Crippen LogP contribution in [0.15, 0.2) is 34.1 Å². The van der Waals surface area contributed by atoms with Gasteiger partial charge in [-0.05, 0) is 71.6 Å². The van der Waals surface area contributed by atoms with Gasteiger partial charge in [0.05, 0.1) is 3.79 Å². The molecule has 1 aromatic carbocycles. The summed E-state index contributed by atoms with van der Waals surface area (Å²) in [7, 11) is 0. The second-order valence-electron chi connectivity index (χ2n) is 4.95. The first-order chi connectivity index (χ1) is 9.60. The highest BCUT2D eigenvalue weighted by Crippen LogP contribution is 2.32. The molecule has 0 radical (unpaired) electrons. The molecule has 1 unspecified atom stereocenters. The van der Waals surface area contributed by atoms with Crippen molar-refractivity contribution >= 4 is 27.3 Å². The molecule has 0 aliphatic heterocycles. The monoisotopic (exact) mass is 355 g/mol. The zero-order valence-corrected chi connectivity index (χ0v) is 14.2. The van der Waals surface area contributed by atoms with Crippen molar-refractivity contribution in [2.45, 2.75) is 32.7 Å². The number of halogens is 2. The maximum Gasteiger partial charge on any atom is 0.123 e. The molecule has 20 heavy (non-hydrogen) atoms. The summed E-state index contributed by atoms with van der Waals surface area (Å²) < 4.78 is 14.5. The van der Waals surface area contributed by atoms with E-state index in [2.05, 4.69) is 41.2 Å². The van der Waals surface area contributed by atoms with Crippen LogP contribution in [0.3, 0.4) is 0 Å². The van der Waals surface area contributed by atoms with Crippen LogP contribution in [-0.4, -0.2) is 6.54 Å². The average Bonchev–Trinajstić information content (AvgIpc) is 2.74. The third kappa shape index (κ3) is 4.14. The van der Waals surface area contributed by atoms with E-state index in [0.717, 1.165) is 24.9 Å². The van der Waals surface area contributed by atoms with Crippen molar-refractivity contribution in [3.05, 3.63) is 55.9 Å². The minimum absolute atomic E-state index is 0.166. The lowest BCUT2D eigenvalue weighted by Gasteiger charge is -2.17. The quantitative estimate of drug-likeness (QED) is 0.746. The van der Waals surface area contributed by atoms with Gasteiger partial charge in [0.25, 0.3) is 0 Å². The smallest absolute Gasteiger partial charge is 0.123 e. The summed E-state index contributed by atoms with van der Waals surface area (Å²) in [5.41, 5.74) is 2.29. The van der Waals surface area contributed by atoms with Crippen LogP contribution in [-0.2, 0) is 6.42 Å². The highest BCUT2D eigenvalue weighted by atomic mass is 79.9. The number of thiophene rings is 1. The van der Waals surface area contributed by atoms with Crippen LogP contribution in [0.2, 0.25) is 0 Å². The zero-order chi connectivity index (χ0) is 14.5. The van der Waals surface area contributed by atoms with E-state index in [4.69, 9.17) is 0 Å². The van der Waals surface area contributed by atoms with Gasteiger partial charge in [-0.2, -0.15) is 0 Å². The Hall–Kier alpha value is -0.710. The summed E-state index contributed by atoms with van der Waals surface area (Å²) in [4.78, 5) is 1.30. The molecule has 2 aromatic rings. The molecule has 108 valence electrons. The molecular weight excluding hydrogens is 337 g/mol. The Kier molecular flexibility index (Phi) is 5.75. The van der Waals surface area contributed by atoms with Gasteiger partial charge in [0.2, 0.25) is 0 Å². The second-order valence-corrected chi connectivity index (χ2v) is 7.35. The Morgan fingerprint density at radius 2 is 2.15 bits per heavy atom. The van der Waals surface area contributed by atoms with E-state index in [1.807, 2.05) is 6.07 Å². The van der Waals surface area contributed by atoms with Gasteiger partial charge >= 0.3 is 0 Å². The van der Waals surface area contributed by atoms with Crippen LogP contribution in [0.4, 0.5) is 4.39 Å². The highest BCUT2D eigenvalue weighted by molar-refractivity contribution is 9.11. The zero-order valence-electron chi connectivity index (χ0n) is 11.7. The number of rotatable bonds is 6. The normalized spacial score (nSPS) is 12.6. The molecular formula is C16H19BrFNS. The fourth-order valence-corrected chi connectivity index (χ4v) is 3.79.